The molecular formula is C11H13N5O4. The minimum Gasteiger partial charge on any atom is -0.363 e. The van der Waals surface area contributed by atoms with Crippen molar-refractivity contribution in [2.75, 3.05) is 5.32 Å². The van der Waals surface area contributed by atoms with Crippen LogP contribution in [0, 0.1) is 24.0 Å². The van der Waals surface area contributed by atoms with E-state index in [1.165, 1.54) is 17.0 Å². The van der Waals surface area contributed by atoms with Gasteiger partial charge in [-0.25, -0.2) is 0 Å². The summed E-state index contributed by atoms with van der Waals surface area (Å²) in [6.07, 6.45) is 1.48. The molecule has 0 saturated heterocycles. The number of nitrogens with zero attached hydrogens (tertiary/aromatic N) is 4. The second-order valence-electron chi connectivity index (χ2n) is 4.18. The standard InChI is InChI=1S/C11H13N5O4/c1-7-11(16(18)19)8(2)15(13-7)5-3-10(17)12-9-4-6-20-14-9/h4,6H,3,5H2,1-2H3,(H,12,14,17). The van der Waals surface area contributed by atoms with Gasteiger partial charge in [0.05, 0.1) is 11.5 Å². The summed E-state index contributed by atoms with van der Waals surface area (Å²) in [7, 11) is 0. The molecule has 1 amide bonds. The summed E-state index contributed by atoms with van der Waals surface area (Å²) in [5.74, 6) is 0.0588. The van der Waals surface area contributed by atoms with Crippen LogP contribution >= 0.6 is 0 Å². The van der Waals surface area contributed by atoms with Crippen molar-refractivity contribution in [1.29, 1.82) is 0 Å². The van der Waals surface area contributed by atoms with E-state index >= 15 is 0 Å². The third-order valence-corrected chi connectivity index (χ3v) is 2.78. The molecule has 0 saturated carbocycles. The SMILES string of the molecule is Cc1nn(CCC(=O)Nc2ccon2)c(C)c1[N+](=O)[O-]. The summed E-state index contributed by atoms with van der Waals surface area (Å²) in [6, 6.07) is 1.52. The van der Waals surface area contributed by atoms with Crippen LogP contribution in [0.3, 0.4) is 0 Å². The van der Waals surface area contributed by atoms with Gasteiger partial charge in [-0.1, -0.05) is 5.16 Å². The number of carbonyl (C=O) groups is 1. The normalized spacial score (nSPS) is 10.5. The summed E-state index contributed by atoms with van der Waals surface area (Å²) < 4.78 is 6.04. The van der Waals surface area contributed by atoms with Gasteiger partial charge in [0, 0.05) is 12.5 Å². The first-order chi connectivity index (χ1) is 9.49. The predicted molar refractivity (Wildman–Crippen MR) is 68.1 cm³/mol. The molecule has 106 valence electrons. The second kappa shape index (κ2) is 5.51. The largest absolute Gasteiger partial charge is 0.363 e. The molecule has 0 radical (unpaired) electrons. The topological polar surface area (TPSA) is 116 Å². The number of hydrogen-bond acceptors (Lipinski definition) is 6. The third kappa shape index (κ3) is 2.82. The maximum atomic E-state index is 11.7. The Morgan fingerprint density at radius 3 is 2.85 bits per heavy atom. The number of nitrogens with one attached hydrogen (secondary N) is 1. The lowest BCUT2D eigenvalue weighted by atomic mass is 10.3. The summed E-state index contributed by atoms with van der Waals surface area (Å²) in [4.78, 5) is 22.0. The molecule has 0 aliphatic rings. The second-order valence-corrected chi connectivity index (χ2v) is 4.18. The van der Waals surface area contributed by atoms with Gasteiger partial charge in [0.2, 0.25) is 5.91 Å². The number of aryl methyl sites for hydroxylation is 2. The zero-order valence-electron chi connectivity index (χ0n) is 11.0. The number of aromatic nitrogens is 3. The minimum absolute atomic E-state index is 0.0121. The van der Waals surface area contributed by atoms with Crippen LogP contribution < -0.4 is 5.32 Å². The molecule has 0 aliphatic carbocycles. The van der Waals surface area contributed by atoms with Crippen molar-refractivity contribution < 1.29 is 14.2 Å². The molecule has 1 N–H and O–H groups in total. The van der Waals surface area contributed by atoms with E-state index in [-0.39, 0.29) is 24.6 Å². The fraction of sp³-hybridized carbons (Fsp3) is 0.364. The van der Waals surface area contributed by atoms with Gasteiger partial charge in [-0.3, -0.25) is 19.6 Å². The lowest BCUT2D eigenvalue weighted by molar-refractivity contribution is -0.386. The van der Waals surface area contributed by atoms with Crippen LogP contribution in [-0.2, 0) is 11.3 Å². The number of anilines is 1. The quantitative estimate of drug-likeness (QED) is 0.653. The average molecular weight is 279 g/mol. The lowest BCUT2D eigenvalue weighted by Gasteiger charge is -2.03. The van der Waals surface area contributed by atoms with E-state index in [0.717, 1.165) is 0 Å². The molecule has 0 spiro atoms. The Kier molecular flexibility index (Phi) is 3.78. The Hall–Kier alpha value is -2.71. The van der Waals surface area contributed by atoms with Crippen LogP contribution in [0.25, 0.3) is 0 Å². The highest BCUT2D eigenvalue weighted by molar-refractivity contribution is 5.89. The van der Waals surface area contributed by atoms with Crippen molar-refractivity contribution in [3.63, 3.8) is 0 Å². The van der Waals surface area contributed by atoms with Crippen LogP contribution in [0.4, 0.5) is 11.5 Å². The first kappa shape index (κ1) is 13.7. The molecule has 0 atom stereocenters. The minimum atomic E-state index is -0.469. The highest BCUT2D eigenvalue weighted by atomic mass is 16.6. The van der Waals surface area contributed by atoms with E-state index in [1.807, 2.05) is 0 Å². The van der Waals surface area contributed by atoms with Crippen LogP contribution in [0.1, 0.15) is 17.8 Å². The summed E-state index contributed by atoms with van der Waals surface area (Å²) in [5, 5.41) is 21.0. The van der Waals surface area contributed by atoms with Crippen molar-refractivity contribution >= 4 is 17.4 Å². The highest BCUT2D eigenvalue weighted by Crippen LogP contribution is 2.21. The van der Waals surface area contributed by atoms with Gasteiger partial charge in [0.15, 0.2) is 5.82 Å². The molecule has 2 rings (SSSR count). The zero-order chi connectivity index (χ0) is 14.7. The van der Waals surface area contributed by atoms with Gasteiger partial charge >= 0.3 is 5.69 Å². The molecule has 0 unspecified atom stereocenters. The van der Waals surface area contributed by atoms with Gasteiger partial charge in [0.25, 0.3) is 0 Å². The van der Waals surface area contributed by atoms with Gasteiger partial charge < -0.3 is 9.84 Å². The zero-order valence-corrected chi connectivity index (χ0v) is 11.0. The number of nitro groups is 1. The van der Waals surface area contributed by atoms with Crippen molar-refractivity contribution in [2.24, 2.45) is 0 Å². The first-order valence-electron chi connectivity index (χ1n) is 5.87. The molecule has 20 heavy (non-hydrogen) atoms. The molecule has 0 fully saturated rings. The Balaban J connectivity index is 1.99. The fourth-order valence-electron chi connectivity index (χ4n) is 1.86. The third-order valence-electron chi connectivity index (χ3n) is 2.78. The highest BCUT2D eigenvalue weighted by Gasteiger charge is 2.21. The van der Waals surface area contributed by atoms with E-state index < -0.39 is 4.92 Å². The number of hydrogen-bond donors (Lipinski definition) is 1. The molecule has 0 bridgehead atoms. The van der Waals surface area contributed by atoms with E-state index in [4.69, 9.17) is 0 Å². The summed E-state index contributed by atoms with van der Waals surface area (Å²) in [6.45, 7) is 3.43. The van der Waals surface area contributed by atoms with Crippen molar-refractivity contribution in [2.45, 2.75) is 26.8 Å². The Bertz CT molecular complexity index is 632. The van der Waals surface area contributed by atoms with Crippen LogP contribution in [0.2, 0.25) is 0 Å². The van der Waals surface area contributed by atoms with Crippen LogP contribution in [0.15, 0.2) is 16.9 Å². The summed E-state index contributed by atoms with van der Waals surface area (Å²) in [5.41, 5.74) is 0.757. The summed E-state index contributed by atoms with van der Waals surface area (Å²) >= 11 is 0. The first-order valence-corrected chi connectivity index (χ1v) is 5.87. The predicted octanol–water partition coefficient (Wildman–Crippen LogP) is 1.42. The number of carbonyl (C=O) groups excluding carboxylic acids is 1. The number of amides is 1. The van der Waals surface area contributed by atoms with E-state index in [1.54, 1.807) is 13.8 Å². The smallest absolute Gasteiger partial charge is 0.312 e. The Morgan fingerprint density at radius 2 is 2.30 bits per heavy atom. The van der Waals surface area contributed by atoms with E-state index in [9.17, 15) is 14.9 Å². The molecule has 0 aliphatic heterocycles. The molecule has 2 aromatic rings. The van der Waals surface area contributed by atoms with Crippen molar-refractivity contribution in [3.05, 3.63) is 33.8 Å². The van der Waals surface area contributed by atoms with Crippen LogP contribution in [0.5, 0.6) is 0 Å². The van der Waals surface area contributed by atoms with Crippen molar-refractivity contribution in [3.8, 4) is 0 Å². The molecule has 9 nitrogen and oxygen atoms in total. The van der Waals surface area contributed by atoms with Gasteiger partial charge in [0.1, 0.15) is 17.7 Å². The number of rotatable bonds is 5. The van der Waals surface area contributed by atoms with Gasteiger partial charge in [-0.2, -0.15) is 5.10 Å². The monoisotopic (exact) mass is 279 g/mol. The molecule has 0 aromatic carbocycles. The van der Waals surface area contributed by atoms with Crippen LogP contribution in [-0.4, -0.2) is 25.8 Å². The van der Waals surface area contributed by atoms with E-state index in [0.29, 0.717) is 17.2 Å². The molecule has 2 heterocycles. The van der Waals surface area contributed by atoms with Gasteiger partial charge in [-0.15, -0.1) is 0 Å². The van der Waals surface area contributed by atoms with E-state index in [2.05, 4.69) is 20.1 Å². The van der Waals surface area contributed by atoms with Crippen molar-refractivity contribution in [1.82, 2.24) is 14.9 Å². The maximum absolute atomic E-state index is 11.7. The lowest BCUT2D eigenvalue weighted by Crippen LogP contribution is -2.15. The fourth-order valence-corrected chi connectivity index (χ4v) is 1.86. The molecule has 9 heteroatoms. The Morgan fingerprint density at radius 1 is 1.55 bits per heavy atom. The Labute approximate surface area is 113 Å². The maximum Gasteiger partial charge on any atom is 0.312 e. The molecule has 2 aromatic heterocycles. The van der Waals surface area contributed by atoms with Gasteiger partial charge in [-0.05, 0) is 13.8 Å². The average Bonchev–Trinajstić information content (AvgIpc) is 2.95. The molecular weight excluding hydrogens is 266 g/mol.